The Balaban J connectivity index is 1.77. The first-order valence-corrected chi connectivity index (χ1v) is 6.47. The van der Waals surface area contributed by atoms with Crippen LogP contribution in [0.4, 0.5) is 0 Å². The molecule has 6 heteroatoms. The largest absolute Gasteiger partial charge is 0.381 e. The summed E-state index contributed by atoms with van der Waals surface area (Å²) in [5.41, 5.74) is 0. The summed E-state index contributed by atoms with van der Waals surface area (Å²) < 4.78 is 7.03. The lowest BCUT2D eigenvalue weighted by Gasteiger charge is -2.23. The van der Waals surface area contributed by atoms with E-state index in [9.17, 15) is 4.79 Å². The summed E-state index contributed by atoms with van der Waals surface area (Å²) >= 11 is 0. The average Bonchev–Trinajstić information content (AvgIpc) is 3.06. The Kier molecular flexibility index (Phi) is 4.69. The summed E-state index contributed by atoms with van der Waals surface area (Å²) in [5, 5.41) is 3.99. The fourth-order valence-corrected chi connectivity index (χ4v) is 2.16. The fourth-order valence-electron chi connectivity index (χ4n) is 2.16. The molecule has 0 saturated carbocycles. The minimum Gasteiger partial charge on any atom is -0.381 e. The lowest BCUT2D eigenvalue weighted by Crippen LogP contribution is -2.35. The summed E-state index contributed by atoms with van der Waals surface area (Å²) in [6.45, 7) is 5.79. The highest BCUT2D eigenvalue weighted by atomic mass is 16.5. The van der Waals surface area contributed by atoms with Crippen LogP contribution in [0.5, 0.6) is 0 Å². The van der Waals surface area contributed by atoms with Crippen LogP contribution in [0.3, 0.4) is 0 Å². The van der Waals surface area contributed by atoms with Crippen LogP contribution in [0.15, 0.2) is 12.7 Å². The van der Waals surface area contributed by atoms with Crippen molar-refractivity contribution in [3.05, 3.63) is 12.7 Å². The van der Waals surface area contributed by atoms with E-state index in [1.807, 2.05) is 11.8 Å². The molecule has 1 atom stereocenters. The molecule has 0 radical (unpaired) electrons. The first-order chi connectivity index (χ1) is 8.79. The van der Waals surface area contributed by atoms with Crippen molar-refractivity contribution in [2.24, 2.45) is 5.92 Å². The number of carbonyl (C=O) groups excluding carboxylic acids is 1. The summed E-state index contributed by atoms with van der Waals surface area (Å²) in [4.78, 5) is 17.9. The normalized spacial score (nSPS) is 19.1. The Bertz CT molecular complexity index is 360. The van der Waals surface area contributed by atoms with Crippen LogP contribution in [0, 0.1) is 5.92 Å². The molecule has 1 aromatic heterocycles. The summed E-state index contributed by atoms with van der Waals surface area (Å²) in [7, 11) is 0. The first kappa shape index (κ1) is 13.0. The van der Waals surface area contributed by atoms with E-state index in [0.717, 1.165) is 32.7 Å². The molecule has 2 heterocycles. The summed E-state index contributed by atoms with van der Waals surface area (Å²) in [6, 6.07) is 0. The number of rotatable bonds is 6. The molecule has 100 valence electrons. The molecular weight excluding hydrogens is 232 g/mol. The van der Waals surface area contributed by atoms with E-state index in [2.05, 4.69) is 10.1 Å². The van der Waals surface area contributed by atoms with Gasteiger partial charge in [0.05, 0.1) is 13.2 Å². The quantitative estimate of drug-likeness (QED) is 0.742. The van der Waals surface area contributed by atoms with Crippen molar-refractivity contribution in [3.63, 3.8) is 0 Å². The zero-order valence-electron chi connectivity index (χ0n) is 10.8. The van der Waals surface area contributed by atoms with Gasteiger partial charge in [0.15, 0.2) is 0 Å². The molecule has 1 aliphatic heterocycles. The zero-order chi connectivity index (χ0) is 12.8. The number of carbonyl (C=O) groups is 1. The smallest absolute Gasteiger partial charge is 0.224 e. The molecule has 0 aliphatic carbocycles. The number of hydrogen-bond acceptors (Lipinski definition) is 4. The second-order valence-electron chi connectivity index (χ2n) is 4.57. The molecule has 1 aromatic rings. The number of hydrogen-bond donors (Lipinski definition) is 0. The van der Waals surface area contributed by atoms with Gasteiger partial charge in [0.1, 0.15) is 12.7 Å². The van der Waals surface area contributed by atoms with E-state index in [0.29, 0.717) is 18.9 Å². The van der Waals surface area contributed by atoms with Crippen LogP contribution in [-0.2, 0) is 16.1 Å². The minimum absolute atomic E-state index is 0.180. The topological polar surface area (TPSA) is 60.2 Å². The third kappa shape index (κ3) is 3.53. The standard InChI is InChI=1S/C12H20N4O2/c1-2-15(7-11-4-6-18-8-11)12(17)3-5-16-10-13-9-14-16/h9-11H,2-8H2,1H3. The second-order valence-corrected chi connectivity index (χ2v) is 4.57. The third-order valence-electron chi connectivity index (χ3n) is 3.26. The number of aromatic nitrogens is 3. The van der Waals surface area contributed by atoms with E-state index in [1.165, 1.54) is 6.33 Å². The SMILES string of the molecule is CCN(CC1CCOC1)C(=O)CCn1cncn1. The van der Waals surface area contributed by atoms with Crippen LogP contribution >= 0.6 is 0 Å². The highest BCUT2D eigenvalue weighted by Gasteiger charge is 2.21. The Morgan fingerprint density at radius 1 is 1.61 bits per heavy atom. The number of nitrogens with zero attached hydrogens (tertiary/aromatic N) is 4. The summed E-state index contributed by atoms with van der Waals surface area (Å²) in [6.07, 6.45) is 4.66. The minimum atomic E-state index is 0.180. The third-order valence-corrected chi connectivity index (χ3v) is 3.26. The van der Waals surface area contributed by atoms with Crippen LogP contribution in [-0.4, -0.2) is 51.9 Å². The Morgan fingerprint density at radius 3 is 3.11 bits per heavy atom. The van der Waals surface area contributed by atoms with E-state index < -0.39 is 0 Å². The second kappa shape index (κ2) is 6.49. The van der Waals surface area contributed by atoms with Crippen molar-refractivity contribution < 1.29 is 9.53 Å². The van der Waals surface area contributed by atoms with Gasteiger partial charge >= 0.3 is 0 Å². The van der Waals surface area contributed by atoms with E-state index in [4.69, 9.17) is 4.74 Å². The molecule has 18 heavy (non-hydrogen) atoms. The molecule has 1 amide bonds. The van der Waals surface area contributed by atoms with Crippen molar-refractivity contribution in [1.29, 1.82) is 0 Å². The van der Waals surface area contributed by atoms with Crippen molar-refractivity contribution in [1.82, 2.24) is 19.7 Å². The van der Waals surface area contributed by atoms with E-state index >= 15 is 0 Å². The van der Waals surface area contributed by atoms with Gasteiger partial charge in [-0.15, -0.1) is 0 Å². The van der Waals surface area contributed by atoms with Crippen molar-refractivity contribution >= 4 is 5.91 Å². The first-order valence-electron chi connectivity index (χ1n) is 6.47. The molecule has 0 bridgehead atoms. The number of amides is 1. The molecule has 2 rings (SSSR count). The fraction of sp³-hybridized carbons (Fsp3) is 0.750. The number of aryl methyl sites for hydroxylation is 1. The van der Waals surface area contributed by atoms with Gasteiger partial charge in [0, 0.05) is 32.0 Å². The van der Waals surface area contributed by atoms with Gasteiger partial charge < -0.3 is 9.64 Å². The van der Waals surface area contributed by atoms with Crippen molar-refractivity contribution in [2.75, 3.05) is 26.3 Å². The molecule has 1 aliphatic rings. The van der Waals surface area contributed by atoms with Gasteiger partial charge in [0.2, 0.25) is 5.91 Å². The molecule has 6 nitrogen and oxygen atoms in total. The lowest BCUT2D eigenvalue weighted by molar-refractivity contribution is -0.131. The average molecular weight is 252 g/mol. The molecule has 1 saturated heterocycles. The molecular formula is C12H20N4O2. The number of ether oxygens (including phenoxy) is 1. The highest BCUT2D eigenvalue weighted by molar-refractivity contribution is 5.76. The van der Waals surface area contributed by atoms with Gasteiger partial charge in [0.25, 0.3) is 0 Å². The van der Waals surface area contributed by atoms with Crippen molar-refractivity contribution in [3.8, 4) is 0 Å². The zero-order valence-corrected chi connectivity index (χ0v) is 10.8. The van der Waals surface area contributed by atoms with Gasteiger partial charge in [-0.2, -0.15) is 5.10 Å². The van der Waals surface area contributed by atoms with Gasteiger partial charge in [-0.05, 0) is 13.3 Å². The van der Waals surface area contributed by atoms with Crippen LogP contribution in [0.2, 0.25) is 0 Å². The molecule has 0 N–H and O–H groups in total. The summed E-state index contributed by atoms with van der Waals surface area (Å²) in [5.74, 6) is 0.681. The van der Waals surface area contributed by atoms with E-state index in [1.54, 1.807) is 11.0 Å². The maximum Gasteiger partial charge on any atom is 0.224 e. The Hall–Kier alpha value is -1.43. The molecule has 0 aromatic carbocycles. The van der Waals surface area contributed by atoms with E-state index in [-0.39, 0.29) is 5.91 Å². The lowest BCUT2D eigenvalue weighted by atomic mass is 10.1. The monoisotopic (exact) mass is 252 g/mol. The highest BCUT2D eigenvalue weighted by Crippen LogP contribution is 2.14. The van der Waals surface area contributed by atoms with Gasteiger partial charge in [-0.1, -0.05) is 0 Å². The predicted octanol–water partition coefficient (Wildman–Crippen LogP) is 0.553. The maximum atomic E-state index is 12.1. The van der Waals surface area contributed by atoms with Crippen LogP contribution in [0.25, 0.3) is 0 Å². The molecule has 0 spiro atoms. The van der Waals surface area contributed by atoms with Crippen LogP contribution in [0.1, 0.15) is 19.8 Å². The van der Waals surface area contributed by atoms with Gasteiger partial charge in [-0.25, -0.2) is 4.98 Å². The maximum absolute atomic E-state index is 12.1. The van der Waals surface area contributed by atoms with Crippen molar-refractivity contribution in [2.45, 2.75) is 26.3 Å². The van der Waals surface area contributed by atoms with Gasteiger partial charge in [-0.3, -0.25) is 9.48 Å². The Labute approximate surface area is 107 Å². The Morgan fingerprint density at radius 2 is 2.50 bits per heavy atom. The molecule has 1 unspecified atom stereocenters. The van der Waals surface area contributed by atoms with Crippen LogP contribution < -0.4 is 0 Å². The predicted molar refractivity (Wildman–Crippen MR) is 65.8 cm³/mol. The molecule has 1 fully saturated rings.